The van der Waals surface area contributed by atoms with Gasteiger partial charge in [-0.2, -0.15) is 0 Å². The molecule has 2 aromatic rings. The van der Waals surface area contributed by atoms with E-state index in [4.69, 9.17) is 4.74 Å². The van der Waals surface area contributed by atoms with Crippen LogP contribution in [0.4, 0.5) is 0 Å². The highest BCUT2D eigenvalue weighted by Gasteiger charge is 2.28. The van der Waals surface area contributed by atoms with E-state index in [-0.39, 0.29) is 54.1 Å². The first-order chi connectivity index (χ1) is 14.4. The van der Waals surface area contributed by atoms with Crippen LogP contribution < -0.4 is 10.6 Å². The molecule has 1 aliphatic rings. The standard InChI is InChI=1S/C22H27N3O4S.HI/c1-2-23-22(25-20-11-12-30(27,28)16-20)24-14-18-9-6-10-19(13-18)21(26)29-15-17-7-4-3-5-8-17;/h3-10,13,20H,2,11-12,14-16H2,1H3,(H2,23,24,25);1H. The maximum absolute atomic E-state index is 12.4. The highest BCUT2D eigenvalue weighted by molar-refractivity contribution is 14.0. The number of rotatable bonds is 7. The number of guanidine groups is 1. The number of hydrogen-bond acceptors (Lipinski definition) is 5. The quantitative estimate of drug-likeness (QED) is 0.235. The Kier molecular flexibility index (Phi) is 9.76. The summed E-state index contributed by atoms with van der Waals surface area (Å²) in [6, 6.07) is 16.6. The van der Waals surface area contributed by atoms with Crippen LogP contribution in [0.15, 0.2) is 59.6 Å². The molecule has 0 bridgehead atoms. The number of carbonyl (C=O) groups excluding carboxylic acids is 1. The van der Waals surface area contributed by atoms with Gasteiger partial charge in [0.05, 0.1) is 23.6 Å². The van der Waals surface area contributed by atoms with E-state index in [2.05, 4.69) is 15.6 Å². The van der Waals surface area contributed by atoms with Gasteiger partial charge < -0.3 is 15.4 Å². The van der Waals surface area contributed by atoms with Gasteiger partial charge in [0.1, 0.15) is 6.61 Å². The third-order valence-corrected chi connectivity index (χ3v) is 6.48. The number of sulfone groups is 1. The summed E-state index contributed by atoms with van der Waals surface area (Å²) < 4.78 is 28.7. The van der Waals surface area contributed by atoms with Gasteiger partial charge in [0.2, 0.25) is 0 Å². The van der Waals surface area contributed by atoms with Crippen molar-refractivity contribution < 1.29 is 17.9 Å². The molecule has 1 unspecified atom stereocenters. The molecular formula is C22H28IN3O4S. The van der Waals surface area contributed by atoms with Crippen LogP contribution in [-0.4, -0.2) is 44.4 Å². The fraction of sp³-hybridized carbons (Fsp3) is 0.364. The molecule has 9 heteroatoms. The zero-order valence-corrected chi connectivity index (χ0v) is 20.6. The Balaban J connectivity index is 0.00000341. The molecule has 0 aromatic heterocycles. The molecule has 1 saturated heterocycles. The van der Waals surface area contributed by atoms with Gasteiger partial charge >= 0.3 is 5.97 Å². The van der Waals surface area contributed by atoms with Gasteiger partial charge in [-0.1, -0.05) is 42.5 Å². The number of carbonyl (C=O) groups is 1. The molecule has 1 atom stereocenters. The van der Waals surface area contributed by atoms with Crippen LogP contribution >= 0.6 is 24.0 Å². The van der Waals surface area contributed by atoms with Gasteiger partial charge in [-0.3, -0.25) is 0 Å². The number of ether oxygens (including phenoxy) is 1. The summed E-state index contributed by atoms with van der Waals surface area (Å²) in [4.78, 5) is 16.9. The van der Waals surface area contributed by atoms with E-state index in [0.717, 1.165) is 11.1 Å². The highest BCUT2D eigenvalue weighted by Crippen LogP contribution is 2.12. The van der Waals surface area contributed by atoms with Crippen LogP contribution in [0, 0.1) is 0 Å². The summed E-state index contributed by atoms with van der Waals surface area (Å²) in [5.74, 6) is 0.514. The first kappa shape index (κ1) is 25.1. The van der Waals surface area contributed by atoms with Gasteiger partial charge in [0.15, 0.2) is 15.8 Å². The van der Waals surface area contributed by atoms with Gasteiger partial charge in [-0.25, -0.2) is 18.2 Å². The number of esters is 1. The van der Waals surface area contributed by atoms with Crippen LogP contribution in [0.25, 0.3) is 0 Å². The summed E-state index contributed by atoms with van der Waals surface area (Å²) in [7, 11) is -2.96. The lowest BCUT2D eigenvalue weighted by molar-refractivity contribution is 0.0472. The zero-order chi connectivity index (χ0) is 21.4. The highest BCUT2D eigenvalue weighted by atomic mass is 127. The Morgan fingerprint density at radius 3 is 2.55 bits per heavy atom. The second-order valence-electron chi connectivity index (χ2n) is 7.20. The summed E-state index contributed by atoms with van der Waals surface area (Å²) in [6.45, 7) is 3.19. The zero-order valence-electron chi connectivity index (χ0n) is 17.4. The third-order valence-electron chi connectivity index (χ3n) is 4.71. The van der Waals surface area contributed by atoms with Crippen molar-refractivity contribution in [3.8, 4) is 0 Å². The van der Waals surface area contributed by atoms with Crippen molar-refractivity contribution in [1.82, 2.24) is 10.6 Å². The molecule has 7 nitrogen and oxygen atoms in total. The molecule has 3 rings (SSSR count). The van der Waals surface area contributed by atoms with Gasteiger partial charge in [0, 0.05) is 12.6 Å². The molecule has 2 aromatic carbocycles. The van der Waals surface area contributed by atoms with Crippen molar-refractivity contribution in [3.63, 3.8) is 0 Å². The molecule has 0 amide bonds. The second kappa shape index (κ2) is 12.0. The Morgan fingerprint density at radius 1 is 1.13 bits per heavy atom. The van der Waals surface area contributed by atoms with Crippen LogP contribution in [0.5, 0.6) is 0 Å². The molecule has 1 heterocycles. The number of nitrogens with zero attached hydrogens (tertiary/aromatic N) is 1. The van der Waals surface area contributed by atoms with Crippen molar-refractivity contribution in [3.05, 3.63) is 71.3 Å². The number of halogens is 1. The summed E-state index contributed by atoms with van der Waals surface area (Å²) in [5.41, 5.74) is 2.26. The van der Waals surface area contributed by atoms with Gasteiger partial charge in [0.25, 0.3) is 0 Å². The predicted octanol–water partition coefficient (Wildman–Crippen LogP) is 2.90. The lowest BCUT2D eigenvalue weighted by Gasteiger charge is -2.15. The van der Waals surface area contributed by atoms with E-state index in [1.807, 2.05) is 43.3 Å². The molecular weight excluding hydrogens is 529 g/mol. The van der Waals surface area contributed by atoms with Crippen LogP contribution in [0.3, 0.4) is 0 Å². The molecule has 1 fully saturated rings. The Bertz CT molecular complexity index is 997. The van der Waals surface area contributed by atoms with E-state index in [1.165, 1.54) is 0 Å². The van der Waals surface area contributed by atoms with Crippen molar-refractivity contribution in [2.24, 2.45) is 4.99 Å². The molecule has 2 N–H and O–H groups in total. The van der Waals surface area contributed by atoms with Crippen molar-refractivity contribution >= 4 is 45.7 Å². The van der Waals surface area contributed by atoms with Crippen molar-refractivity contribution in [1.29, 1.82) is 0 Å². The molecule has 0 saturated carbocycles. The average Bonchev–Trinajstić information content (AvgIpc) is 3.09. The van der Waals surface area contributed by atoms with E-state index in [9.17, 15) is 13.2 Å². The van der Waals surface area contributed by atoms with E-state index in [1.54, 1.807) is 18.2 Å². The van der Waals surface area contributed by atoms with Gasteiger partial charge in [-0.05, 0) is 36.6 Å². The lowest BCUT2D eigenvalue weighted by atomic mass is 10.1. The fourth-order valence-corrected chi connectivity index (χ4v) is 4.87. The van der Waals surface area contributed by atoms with Crippen LogP contribution in [0.1, 0.15) is 34.8 Å². The number of aliphatic imine (C=N–C) groups is 1. The van der Waals surface area contributed by atoms with Crippen molar-refractivity contribution in [2.45, 2.75) is 32.5 Å². The maximum Gasteiger partial charge on any atom is 0.338 e. The molecule has 31 heavy (non-hydrogen) atoms. The van der Waals surface area contributed by atoms with Crippen molar-refractivity contribution in [2.75, 3.05) is 18.1 Å². The number of nitrogens with one attached hydrogen (secondary N) is 2. The molecule has 0 radical (unpaired) electrons. The minimum Gasteiger partial charge on any atom is -0.457 e. The van der Waals surface area contributed by atoms with E-state index in [0.29, 0.717) is 31.0 Å². The smallest absolute Gasteiger partial charge is 0.338 e. The normalized spacial score (nSPS) is 17.5. The molecule has 1 aliphatic heterocycles. The van der Waals surface area contributed by atoms with E-state index < -0.39 is 9.84 Å². The number of hydrogen-bond donors (Lipinski definition) is 2. The third kappa shape index (κ3) is 8.13. The number of benzene rings is 2. The first-order valence-corrected chi connectivity index (χ1v) is 11.8. The largest absolute Gasteiger partial charge is 0.457 e. The Labute approximate surface area is 200 Å². The second-order valence-corrected chi connectivity index (χ2v) is 9.43. The minimum absolute atomic E-state index is 0. The minimum atomic E-state index is -2.96. The fourth-order valence-electron chi connectivity index (χ4n) is 3.20. The first-order valence-electron chi connectivity index (χ1n) is 10.0. The van der Waals surface area contributed by atoms with Gasteiger partial charge in [-0.15, -0.1) is 24.0 Å². The Morgan fingerprint density at radius 2 is 1.87 bits per heavy atom. The SMILES string of the molecule is CCNC(=NCc1cccc(C(=O)OCc2ccccc2)c1)NC1CCS(=O)(=O)C1.I. The monoisotopic (exact) mass is 557 g/mol. The molecule has 168 valence electrons. The molecule has 0 spiro atoms. The summed E-state index contributed by atoms with van der Waals surface area (Å²) in [5, 5.41) is 6.32. The topological polar surface area (TPSA) is 96.9 Å². The average molecular weight is 557 g/mol. The summed E-state index contributed by atoms with van der Waals surface area (Å²) >= 11 is 0. The lowest BCUT2D eigenvalue weighted by Crippen LogP contribution is -2.44. The van der Waals surface area contributed by atoms with Crippen LogP contribution in [0.2, 0.25) is 0 Å². The molecule has 0 aliphatic carbocycles. The van der Waals surface area contributed by atoms with E-state index >= 15 is 0 Å². The predicted molar refractivity (Wildman–Crippen MR) is 132 cm³/mol. The maximum atomic E-state index is 12.4. The van der Waals surface area contributed by atoms with Crippen LogP contribution in [-0.2, 0) is 27.7 Å². The Hall–Kier alpha value is -2.14. The summed E-state index contributed by atoms with van der Waals surface area (Å²) in [6.07, 6.45) is 0.579.